The Kier molecular flexibility index (Phi) is 7.05. The van der Waals surface area contributed by atoms with Crippen LogP contribution in [0.4, 0.5) is 10.7 Å². The number of benzene rings is 2. The van der Waals surface area contributed by atoms with Crippen LogP contribution in [0.5, 0.6) is 5.75 Å². The predicted octanol–water partition coefficient (Wildman–Crippen LogP) is 7.67. The molecule has 0 spiro atoms. The van der Waals surface area contributed by atoms with Crippen LogP contribution in [0.15, 0.2) is 58.0 Å². The lowest BCUT2D eigenvalue weighted by molar-refractivity contribution is 0.102. The Morgan fingerprint density at radius 3 is 2.48 bits per heavy atom. The van der Waals surface area contributed by atoms with E-state index >= 15 is 0 Å². The maximum atomic E-state index is 13.4. The summed E-state index contributed by atoms with van der Waals surface area (Å²) in [6, 6.07) is 15.4. The predicted molar refractivity (Wildman–Crippen MR) is 142 cm³/mol. The molecule has 2 aromatic carbocycles. The van der Waals surface area contributed by atoms with Crippen LogP contribution >= 0.6 is 27.3 Å². The smallest absolute Gasteiger partial charge is 0.259 e. The first-order chi connectivity index (χ1) is 15.7. The van der Waals surface area contributed by atoms with Gasteiger partial charge in [-0.05, 0) is 90.3 Å². The fraction of sp³-hybridized carbons (Fsp3) is 0.333. The van der Waals surface area contributed by atoms with Gasteiger partial charge in [-0.25, -0.2) is 4.99 Å². The van der Waals surface area contributed by atoms with E-state index in [9.17, 15) is 4.79 Å². The molecule has 1 N–H and O–H groups in total. The van der Waals surface area contributed by atoms with Crippen molar-refractivity contribution < 1.29 is 9.53 Å². The van der Waals surface area contributed by atoms with Crippen LogP contribution < -0.4 is 10.1 Å². The molecule has 0 bridgehead atoms. The average Bonchev–Trinajstić information content (AvgIpc) is 3.16. The summed E-state index contributed by atoms with van der Waals surface area (Å²) in [4.78, 5) is 19.5. The molecule has 172 valence electrons. The maximum Gasteiger partial charge on any atom is 0.259 e. The summed E-state index contributed by atoms with van der Waals surface area (Å²) in [6.45, 7) is 6.92. The number of nitrogens with one attached hydrogen (secondary N) is 1. The molecule has 4 rings (SSSR count). The second-order valence-electron chi connectivity index (χ2n) is 9.48. The fourth-order valence-electron chi connectivity index (χ4n) is 4.19. The number of fused-ring (bicyclic) bond motifs is 1. The standard InChI is InChI=1S/C27H29BrN2O2S/c1-27(2,3)18-7-14-22-23(15-18)33-26(29-16-17-5-12-21(32-4)13-6-17)24(22)25(31)30-20-10-8-19(28)9-11-20/h5-6,8-13,16,18H,7,14-15H2,1-4H3,(H,30,31)/t18-/m0/s1. The van der Waals surface area contributed by atoms with Gasteiger partial charge in [0.05, 0.1) is 12.7 Å². The van der Waals surface area contributed by atoms with Crippen LogP contribution in [-0.2, 0) is 12.8 Å². The third-order valence-corrected chi connectivity index (χ3v) is 7.94. The van der Waals surface area contributed by atoms with E-state index in [0.29, 0.717) is 5.92 Å². The summed E-state index contributed by atoms with van der Waals surface area (Å²) in [7, 11) is 1.65. The average molecular weight is 526 g/mol. The van der Waals surface area contributed by atoms with Crippen molar-refractivity contribution >= 4 is 50.1 Å². The van der Waals surface area contributed by atoms with Gasteiger partial charge in [-0.15, -0.1) is 11.3 Å². The summed E-state index contributed by atoms with van der Waals surface area (Å²) >= 11 is 5.11. The lowest BCUT2D eigenvalue weighted by atomic mass is 9.72. The number of halogens is 1. The second-order valence-corrected chi connectivity index (χ2v) is 11.5. The Hall–Kier alpha value is -2.44. The molecule has 1 aromatic heterocycles. The van der Waals surface area contributed by atoms with E-state index in [1.807, 2.05) is 54.7 Å². The van der Waals surface area contributed by atoms with Gasteiger partial charge in [0.15, 0.2) is 0 Å². The molecule has 1 amide bonds. The number of rotatable bonds is 5. The second kappa shape index (κ2) is 9.82. The third-order valence-electron chi connectivity index (χ3n) is 6.25. The van der Waals surface area contributed by atoms with Crippen LogP contribution in [0.25, 0.3) is 0 Å². The number of nitrogens with zero attached hydrogens (tertiary/aromatic N) is 1. The van der Waals surface area contributed by atoms with Crippen LogP contribution in [0.2, 0.25) is 0 Å². The number of hydrogen-bond acceptors (Lipinski definition) is 4. The van der Waals surface area contributed by atoms with E-state index in [0.717, 1.165) is 56.9 Å². The van der Waals surface area contributed by atoms with Gasteiger partial charge in [0, 0.05) is 21.3 Å². The van der Waals surface area contributed by atoms with Gasteiger partial charge < -0.3 is 10.1 Å². The topological polar surface area (TPSA) is 50.7 Å². The molecule has 0 saturated carbocycles. The van der Waals surface area contributed by atoms with Crippen molar-refractivity contribution in [1.29, 1.82) is 0 Å². The van der Waals surface area contributed by atoms with Crippen LogP contribution in [0.3, 0.4) is 0 Å². The van der Waals surface area contributed by atoms with Crippen LogP contribution in [-0.4, -0.2) is 19.2 Å². The maximum absolute atomic E-state index is 13.4. The van der Waals surface area contributed by atoms with E-state index in [4.69, 9.17) is 9.73 Å². The van der Waals surface area contributed by atoms with Crippen LogP contribution in [0.1, 0.15) is 53.6 Å². The number of ether oxygens (including phenoxy) is 1. The van der Waals surface area contributed by atoms with Crippen molar-refractivity contribution in [3.05, 3.63) is 74.6 Å². The molecule has 0 aliphatic heterocycles. The van der Waals surface area contributed by atoms with Crippen LogP contribution in [0, 0.1) is 11.3 Å². The van der Waals surface area contributed by atoms with E-state index < -0.39 is 0 Å². The highest BCUT2D eigenvalue weighted by molar-refractivity contribution is 9.10. The van der Waals surface area contributed by atoms with Crippen molar-refractivity contribution in [1.82, 2.24) is 0 Å². The lowest BCUT2D eigenvalue weighted by Crippen LogP contribution is -2.27. The van der Waals surface area contributed by atoms with Gasteiger partial charge in [-0.1, -0.05) is 36.7 Å². The van der Waals surface area contributed by atoms with Gasteiger partial charge >= 0.3 is 0 Å². The highest BCUT2D eigenvalue weighted by atomic mass is 79.9. The molecule has 0 radical (unpaired) electrons. The van der Waals surface area contributed by atoms with Crippen molar-refractivity contribution in [2.75, 3.05) is 12.4 Å². The van der Waals surface area contributed by atoms with Gasteiger partial charge in [0.25, 0.3) is 5.91 Å². The minimum absolute atomic E-state index is 0.0917. The third kappa shape index (κ3) is 5.56. The first-order valence-electron chi connectivity index (χ1n) is 11.1. The molecule has 1 heterocycles. The fourth-order valence-corrected chi connectivity index (χ4v) is 5.72. The molecule has 0 saturated heterocycles. The SMILES string of the molecule is COc1ccc(C=Nc2sc3c(c2C(=O)Nc2ccc(Br)cc2)CC[C@H](C(C)(C)C)C3)cc1. The zero-order valence-electron chi connectivity index (χ0n) is 19.4. The van der Waals surface area contributed by atoms with Gasteiger partial charge in [0.2, 0.25) is 0 Å². The Labute approximate surface area is 208 Å². The Morgan fingerprint density at radius 2 is 1.85 bits per heavy atom. The number of amides is 1. The Balaban J connectivity index is 1.68. The van der Waals surface area contributed by atoms with Crippen molar-refractivity contribution in [3.63, 3.8) is 0 Å². The number of hydrogen-bond donors (Lipinski definition) is 1. The van der Waals surface area contributed by atoms with Gasteiger partial charge in [0.1, 0.15) is 10.8 Å². The summed E-state index contributed by atoms with van der Waals surface area (Å²) in [6.07, 6.45) is 4.83. The van der Waals surface area contributed by atoms with E-state index in [-0.39, 0.29) is 11.3 Å². The number of carbonyl (C=O) groups excluding carboxylic acids is 1. The quantitative estimate of drug-likeness (QED) is 0.348. The molecular formula is C27H29BrN2O2S. The number of methoxy groups -OCH3 is 1. The molecule has 1 atom stereocenters. The molecule has 4 nitrogen and oxygen atoms in total. The van der Waals surface area contributed by atoms with Crippen molar-refractivity contribution in [3.8, 4) is 5.75 Å². The molecule has 3 aromatic rings. The Bertz CT molecular complexity index is 1160. The van der Waals surface area contributed by atoms with Crippen molar-refractivity contribution in [2.45, 2.75) is 40.0 Å². The van der Waals surface area contributed by atoms with Gasteiger partial charge in [-0.2, -0.15) is 0 Å². The molecule has 0 unspecified atom stereocenters. The molecule has 1 aliphatic rings. The molecular weight excluding hydrogens is 496 g/mol. The van der Waals surface area contributed by atoms with Crippen molar-refractivity contribution in [2.24, 2.45) is 16.3 Å². The highest BCUT2D eigenvalue weighted by Crippen LogP contribution is 2.45. The molecule has 33 heavy (non-hydrogen) atoms. The number of carbonyl (C=O) groups is 1. The zero-order chi connectivity index (χ0) is 23.6. The first kappa shape index (κ1) is 23.7. The molecule has 6 heteroatoms. The highest BCUT2D eigenvalue weighted by Gasteiger charge is 2.33. The lowest BCUT2D eigenvalue weighted by Gasteiger charge is -2.33. The minimum Gasteiger partial charge on any atom is -0.497 e. The number of thiophene rings is 1. The van der Waals surface area contributed by atoms with E-state index in [1.165, 1.54) is 4.88 Å². The molecule has 1 aliphatic carbocycles. The first-order valence-corrected chi connectivity index (χ1v) is 12.7. The zero-order valence-corrected chi connectivity index (χ0v) is 21.8. The Morgan fingerprint density at radius 1 is 1.15 bits per heavy atom. The number of anilines is 1. The largest absolute Gasteiger partial charge is 0.497 e. The monoisotopic (exact) mass is 524 g/mol. The van der Waals surface area contributed by atoms with E-state index in [2.05, 4.69) is 42.0 Å². The van der Waals surface area contributed by atoms with E-state index in [1.54, 1.807) is 18.4 Å². The summed E-state index contributed by atoms with van der Waals surface area (Å²) in [5.41, 5.74) is 3.87. The van der Waals surface area contributed by atoms with Gasteiger partial charge in [-0.3, -0.25) is 4.79 Å². The number of aliphatic imine (C=N–C) groups is 1. The summed E-state index contributed by atoms with van der Waals surface area (Å²) < 4.78 is 6.22. The normalized spacial score (nSPS) is 16.0. The minimum atomic E-state index is -0.0917. The summed E-state index contributed by atoms with van der Waals surface area (Å²) in [5, 5.41) is 3.85. The molecule has 0 fully saturated rings. The summed E-state index contributed by atoms with van der Waals surface area (Å²) in [5.74, 6) is 1.32.